The summed E-state index contributed by atoms with van der Waals surface area (Å²) >= 11 is 0. The number of piperidine rings is 1. The van der Waals surface area contributed by atoms with Crippen LogP contribution in [-0.2, 0) is 23.8 Å². The lowest BCUT2D eigenvalue weighted by atomic mass is 9.89. The quantitative estimate of drug-likeness (QED) is 0.0451. The highest BCUT2D eigenvalue weighted by molar-refractivity contribution is 5.72. The average Bonchev–Trinajstić information content (AvgIpc) is 3.23. The smallest absolute Gasteiger partial charge is 0.308 e. The molecular formula is C52H101NO5. The van der Waals surface area contributed by atoms with Gasteiger partial charge in [-0.05, 0) is 83.6 Å². The number of unbranched alkanes of at least 4 members (excludes halogenated alkanes) is 21. The van der Waals surface area contributed by atoms with Crippen molar-refractivity contribution in [3.05, 3.63) is 0 Å². The number of ether oxygens (including phenoxy) is 3. The highest BCUT2D eigenvalue weighted by Gasteiger charge is 2.29. The SMILES string of the molecule is CCCCCCCCC(CCCCCC)C(=O)OCCCCCC1CCCC(CCCCCOC(=O)C(CCCCCC)CCCCCCCC)N1CCCCOC. The predicted octanol–water partition coefficient (Wildman–Crippen LogP) is 15.5. The van der Waals surface area contributed by atoms with E-state index in [9.17, 15) is 9.59 Å². The Morgan fingerprint density at radius 1 is 0.448 bits per heavy atom. The van der Waals surface area contributed by atoms with Crippen LogP contribution in [0.3, 0.4) is 0 Å². The van der Waals surface area contributed by atoms with E-state index in [0.29, 0.717) is 25.3 Å². The van der Waals surface area contributed by atoms with Crippen LogP contribution in [0.2, 0.25) is 0 Å². The Morgan fingerprint density at radius 2 is 0.793 bits per heavy atom. The normalized spacial score (nSPS) is 17.1. The second-order valence-electron chi connectivity index (χ2n) is 18.4. The Morgan fingerprint density at radius 3 is 1.19 bits per heavy atom. The molecule has 1 aliphatic rings. The summed E-state index contributed by atoms with van der Waals surface area (Å²) in [5, 5.41) is 0. The number of hydrogen-bond donors (Lipinski definition) is 0. The van der Waals surface area contributed by atoms with Gasteiger partial charge in [0, 0.05) is 25.8 Å². The monoisotopic (exact) mass is 820 g/mol. The van der Waals surface area contributed by atoms with Crippen molar-refractivity contribution >= 4 is 11.9 Å². The largest absolute Gasteiger partial charge is 0.465 e. The lowest BCUT2D eigenvalue weighted by molar-refractivity contribution is -0.150. The van der Waals surface area contributed by atoms with Crippen LogP contribution in [0.1, 0.15) is 265 Å². The summed E-state index contributed by atoms with van der Waals surface area (Å²) < 4.78 is 17.2. The number of carbonyl (C=O) groups excluding carboxylic acids is 2. The lowest BCUT2D eigenvalue weighted by Gasteiger charge is -2.43. The Hall–Kier alpha value is -1.14. The highest BCUT2D eigenvalue weighted by atomic mass is 16.5. The van der Waals surface area contributed by atoms with Crippen LogP contribution in [0.15, 0.2) is 0 Å². The molecule has 1 rings (SSSR count). The molecule has 0 radical (unpaired) electrons. The van der Waals surface area contributed by atoms with Gasteiger partial charge < -0.3 is 14.2 Å². The van der Waals surface area contributed by atoms with Crippen molar-refractivity contribution in [2.24, 2.45) is 11.8 Å². The maximum atomic E-state index is 13.1. The summed E-state index contributed by atoms with van der Waals surface area (Å²) in [7, 11) is 1.81. The van der Waals surface area contributed by atoms with Crippen LogP contribution < -0.4 is 0 Å². The van der Waals surface area contributed by atoms with Crippen LogP contribution in [-0.4, -0.2) is 62.4 Å². The predicted molar refractivity (Wildman–Crippen MR) is 249 cm³/mol. The van der Waals surface area contributed by atoms with E-state index < -0.39 is 0 Å². The molecule has 0 aromatic carbocycles. The third kappa shape index (κ3) is 30.0. The van der Waals surface area contributed by atoms with Gasteiger partial charge in [-0.2, -0.15) is 0 Å². The minimum absolute atomic E-state index is 0.0751. The van der Waals surface area contributed by atoms with E-state index in [0.717, 1.165) is 90.1 Å². The number of rotatable bonds is 43. The molecule has 58 heavy (non-hydrogen) atoms. The van der Waals surface area contributed by atoms with Gasteiger partial charge in [0.25, 0.3) is 0 Å². The van der Waals surface area contributed by atoms with Gasteiger partial charge in [0.15, 0.2) is 0 Å². The molecule has 1 saturated heterocycles. The average molecular weight is 820 g/mol. The Labute approximate surface area is 362 Å². The van der Waals surface area contributed by atoms with Crippen LogP contribution >= 0.6 is 0 Å². The van der Waals surface area contributed by atoms with Crippen molar-refractivity contribution < 1.29 is 23.8 Å². The molecule has 4 unspecified atom stereocenters. The first kappa shape index (κ1) is 54.9. The topological polar surface area (TPSA) is 65.1 Å². The van der Waals surface area contributed by atoms with Gasteiger partial charge in [-0.15, -0.1) is 0 Å². The van der Waals surface area contributed by atoms with Gasteiger partial charge in [-0.25, -0.2) is 0 Å². The first-order valence-electron chi connectivity index (χ1n) is 26.1. The summed E-state index contributed by atoms with van der Waals surface area (Å²) in [5.41, 5.74) is 0. The van der Waals surface area contributed by atoms with E-state index in [4.69, 9.17) is 14.2 Å². The molecule has 0 N–H and O–H groups in total. The lowest BCUT2D eigenvalue weighted by Crippen LogP contribution is -2.47. The molecule has 1 aliphatic heterocycles. The minimum atomic E-state index is 0.0751. The van der Waals surface area contributed by atoms with Gasteiger partial charge in [-0.1, -0.05) is 188 Å². The van der Waals surface area contributed by atoms with E-state index in [1.807, 2.05) is 7.11 Å². The van der Waals surface area contributed by atoms with Crippen molar-refractivity contribution in [3.63, 3.8) is 0 Å². The molecule has 1 heterocycles. The number of likely N-dealkylation sites (tertiary alicyclic amines) is 1. The zero-order valence-electron chi connectivity index (χ0n) is 39.8. The third-order valence-corrected chi connectivity index (χ3v) is 13.2. The van der Waals surface area contributed by atoms with E-state index >= 15 is 0 Å². The molecule has 0 amide bonds. The summed E-state index contributed by atoms with van der Waals surface area (Å²) in [4.78, 5) is 29.2. The minimum Gasteiger partial charge on any atom is -0.465 e. The fraction of sp³-hybridized carbons (Fsp3) is 0.962. The zero-order chi connectivity index (χ0) is 42.2. The molecule has 6 nitrogen and oxygen atoms in total. The van der Waals surface area contributed by atoms with E-state index in [2.05, 4.69) is 32.6 Å². The van der Waals surface area contributed by atoms with Gasteiger partial charge >= 0.3 is 11.9 Å². The van der Waals surface area contributed by atoms with E-state index in [1.165, 1.54) is 161 Å². The van der Waals surface area contributed by atoms with Crippen molar-refractivity contribution in [3.8, 4) is 0 Å². The molecule has 0 aliphatic carbocycles. The van der Waals surface area contributed by atoms with Gasteiger partial charge in [0.2, 0.25) is 0 Å². The number of hydrogen-bond acceptors (Lipinski definition) is 6. The van der Waals surface area contributed by atoms with Gasteiger partial charge in [0.05, 0.1) is 25.0 Å². The number of nitrogens with zero attached hydrogens (tertiary/aromatic N) is 1. The summed E-state index contributed by atoms with van der Waals surface area (Å²) in [5.74, 6) is 0.347. The van der Waals surface area contributed by atoms with Crippen molar-refractivity contribution in [2.45, 2.75) is 277 Å². The van der Waals surface area contributed by atoms with E-state index in [-0.39, 0.29) is 23.8 Å². The van der Waals surface area contributed by atoms with Crippen molar-refractivity contribution in [1.82, 2.24) is 4.90 Å². The maximum absolute atomic E-state index is 13.1. The number of carbonyl (C=O) groups is 2. The molecule has 344 valence electrons. The van der Waals surface area contributed by atoms with Crippen LogP contribution in [0.4, 0.5) is 0 Å². The summed E-state index contributed by atoms with van der Waals surface area (Å²) in [6, 6.07) is 1.33. The molecule has 0 aromatic heterocycles. The summed E-state index contributed by atoms with van der Waals surface area (Å²) in [6.07, 6.45) is 44.6. The van der Waals surface area contributed by atoms with E-state index in [1.54, 1.807) is 0 Å². The second-order valence-corrected chi connectivity index (χ2v) is 18.4. The Balaban J connectivity index is 2.50. The zero-order valence-corrected chi connectivity index (χ0v) is 39.8. The standard InChI is InChI=1S/C52H101NO5/c1-6-10-14-18-20-26-37-47(35-24-16-12-8-3)51(54)57-45-31-22-28-39-49-41-34-42-50(53(49)43-30-33-44-56-5)40-29-23-32-46-58-52(55)48(36-25-17-13-9-4)38-27-21-19-15-11-7-2/h47-50H,6-46H2,1-5H3. The first-order valence-corrected chi connectivity index (χ1v) is 26.1. The first-order chi connectivity index (χ1) is 28.5. The molecule has 0 saturated carbocycles. The van der Waals surface area contributed by atoms with Crippen LogP contribution in [0.5, 0.6) is 0 Å². The molecule has 4 atom stereocenters. The fourth-order valence-corrected chi connectivity index (χ4v) is 9.38. The second kappa shape index (κ2) is 41.2. The number of esters is 2. The Kier molecular flexibility index (Phi) is 39.0. The van der Waals surface area contributed by atoms with Crippen LogP contribution in [0, 0.1) is 11.8 Å². The number of methoxy groups -OCH3 is 1. The molecule has 6 heteroatoms. The molecular weight excluding hydrogens is 719 g/mol. The molecule has 1 fully saturated rings. The maximum Gasteiger partial charge on any atom is 0.308 e. The molecule has 0 spiro atoms. The van der Waals surface area contributed by atoms with Crippen molar-refractivity contribution in [2.75, 3.05) is 33.5 Å². The highest BCUT2D eigenvalue weighted by Crippen LogP contribution is 2.30. The molecule has 0 bridgehead atoms. The van der Waals surface area contributed by atoms with Gasteiger partial charge in [0.1, 0.15) is 0 Å². The summed E-state index contributed by atoms with van der Waals surface area (Å²) in [6.45, 7) is 12.2. The Bertz CT molecular complexity index is 833. The van der Waals surface area contributed by atoms with Crippen LogP contribution in [0.25, 0.3) is 0 Å². The molecule has 0 aromatic rings. The fourth-order valence-electron chi connectivity index (χ4n) is 9.38. The van der Waals surface area contributed by atoms with Crippen molar-refractivity contribution in [1.29, 1.82) is 0 Å². The van der Waals surface area contributed by atoms with Gasteiger partial charge in [-0.3, -0.25) is 14.5 Å². The third-order valence-electron chi connectivity index (χ3n) is 13.2.